The molecule has 0 aliphatic heterocycles. The Morgan fingerprint density at radius 3 is 2.13 bits per heavy atom. The molecular weight excluding hydrogens is 484 g/mol. The van der Waals surface area contributed by atoms with Crippen molar-refractivity contribution in [2.75, 3.05) is 20.3 Å². The van der Waals surface area contributed by atoms with Crippen LogP contribution in [-0.2, 0) is 28.8 Å². The van der Waals surface area contributed by atoms with E-state index in [0.717, 1.165) is 60.3 Å². The van der Waals surface area contributed by atoms with Crippen molar-refractivity contribution >= 4 is 17.5 Å². The van der Waals surface area contributed by atoms with Gasteiger partial charge in [0, 0.05) is 29.5 Å². The quantitative estimate of drug-likeness (QED) is 0.202. The summed E-state index contributed by atoms with van der Waals surface area (Å²) in [5.41, 5.74) is 5.39. The lowest BCUT2D eigenvalue weighted by Crippen LogP contribution is -2.13. The van der Waals surface area contributed by atoms with E-state index in [1.807, 2.05) is 13.0 Å². The van der Waals surface area contributed by atoms with E-state index in [-0.39, 0.29) is 18.0 Å². The van der Waals surface area contributed by atoms with E-state index < -0.39 is 5.97 Å². The van der Waals surface area contributed by atoms with Crippen LogP contribution in [0.5, 0.6) is 17.2 Å². The van der Waals surface area contributed by atoms with Crippen LogP contribution in [0, 0.1) is 0 Å². The van der Waals surface area contributed by atoms with Gasteiger partial charge >= 0.3 is 5.97 Å². The van der Waals surface area contributed by atoms with E-state index in [2.05, 4.69) is 13.0 Å². The van der Waals surface area contributed by atoms with E-state index in [9.17, 15) is 14.7 Å². The first-order valence-electron chi connectivity index (χ1n) is 13.6. The number of aryl methyl sites for hydroxylation is 1. The number of Topliss-reactive ketones (excluding diaryl/α,β-unsaturated/α-hetero) is 1. The van der Waals surface area contributed by atoms with Gasteiger partial charge in [-0.3, -0.25) is 9.59 Å². The molecule has 0 amide bonds. The van der Waals surface area contributed by atoms with Crippen LogP contribution in [0.4, 0.5) is 0 Å². The van der Waals surface area contributed by atoms with Crippen molar-refractivity contribution in [1.82, 2.24) is 0 Å². The summed E-state index contributed by atoms with van der Waals surface area (Å²) in [6.45, 7) is 6.45. The van der Waals surface area contributed by atoms with Gasteiger partial charge in [0.05, 0.1) is 25.9 Å². The van der Waals surface area contributed by atoms with Crippen LogP contribution in [-0.4, -0.2) is 42.3 Å². The number of aliphatic carboxylic acids is 1. The number of carbonyl (C=O) groups is 2. The second kappa shape index (κ2) is 13.9. The number of hydrogen-bond acceptors (Lipinski definition) is 6. The Balaban J connectivity index is 1.72. The number of fused-ring (bicyclic) bond motifs is 1. The topological polar surface area (TPSA) is 102 Å². The molecule has 206 valence electrons. The maximum Gasteiger partial charge on any atom is 0.303 e. The predicted molar refractivity (Wildman–Crippen MR) is 147 cm³/mol. The van der Waals surface area contributed by atoms with Gasteiger partial charge in [0.25, 0.3) is 0 Å². The lowest BCUT2D eigenvalue weighted by Gasteiger charge is -2.26. The van der Waals surface area contributed by atoms with Crippen molar-refractivity contribution in [3.63, 3.8) is 0 Å². The zero-order valence-corrected chi connectivity index (χ0v) is 23.0. The molecule has 0 heterocycles. The molecule has 2 aromatic rings. The number of ketones is 1. The molecule has 38 heavy (non-hydrogen) atoms. The molecule has 0 saturated carbocycles. The minimum atomic E-state index is -0.807. The Kier molecular flexibility index (Phi) is 10.6. The van der Waals surface area contributed by atoms with Crippen molar-refractivity contribution in [2.45, 2.75) is 78.6 Å². The van der Waals surface area contributed by atoms with Gasteiger partial charge in [0.1, 0.15) is 23.0 Å². The summed E-state index contributed by atoms with van der Waals surface area (Å²) >= 11 is 0. The van der Waals surface area contributed by atoms with Crippen LogP contribution in [0.25, 0.3) is 5.76 Å². The number of ether oxygens (including phenoxy) is 3. The molecule has 1 aliphatic rings. The molecule has 0 atom stereocenters. The number of allylic oxidation sites excluding steroid dienone is 1. The first-order valence-corrected chi connectivity index (χ1v) is 13.6. The van der Waals surface area contributed by atoms with Crippen molar-refractivity contribution in [1.29, 1.82) is 0 Å². The van der Waals surface area contributed by atoms with E-state index in [1.165, 1.54) is 12.5 Å². The Labute approximate surface area is 225 Å². The van der Waals surface area contributed by atoms with Gasteiger partial charge in [0.2, 0.25) is 0 Å². The van der Waals surface area contributed by atoms with E-state index in [4.69, 9.17) is 19.3 Å². The van der Waals surface area contributed by atoms with Crippen molar-refractivity contribution in [3.8, 4) is 17.2 Å². The molecule has 7 heteroatoms. The molecule has 2 N–H and O–H groups in total. The molecule has 0 bridgehead atoms. The summed E-state index contributed by atoms with van der Waals surface area (Å²) in [4.78, 5) is 23.0. The number of rotatable bonds is 15. The minimum absolute atomic E-state index is 0.0103. The minimum Gasteiger partial charge on any atom is -0.507 e. The summed E-state index contributed by atoms with van der Waals surface area (Å²) in [7, 11) is 1.65. The summed E-state index contributed by atoms with van der Waals surface area (Å²) in [6, 6.07) is 7.48. The SMILES string of the molecule is CCCc1c(OCCCOc2ccc3c(c2CCC)C(OC)=C(CCC(=O)O)CC3)ccc(C(C)=O)c1O. The smallest absolute Gasteiger partial charge is 0.303 e. The first kappa shape index (κ1) is 29.1. The number of methoxy groups -OCH3 is 1. The van der Waals surface area contributed by atoms with E-state index in [1.54, 1.807) is 19.2 Å². The summed E-state index contributed by atoms with van der Waals surface area (Å²) in [5.74, 6) is 1.23. The van der Waals surface area contributed by atoms with Gasteiger partial charge in [-0.2, -0.15) is 0 Å². The Morgan fingerprint density at radius 2 is 1.53 bits per heavy atom. The Morgan fingerprint density at radius 1 is 0.895 bits per heavy atom. The molecule has 0 fully saturated rings. The molecule has 3 rings (SSSR count). The fourth-order valence-electron chi connectivity index (χ4n) is 5.07. The molecule has 1 aliphatic carbocycles. The fraction of sp³-hybridized carbons (Fsp3) is 0.484. The molecule has 0 aromatic heterocycles. The number of hydrogen-bond donors (Lipinski definition) is 2. The second-order valence-corrected chi connectivity index (χ2v) is 9.65. The summed E-state index contributed by atoms with van der Waals surface area (Å²) in [5, 5.41) is 19.7. The number of aromatic hydroxyl groups is 1. The third-order valence-electron chi connectivity index (χ3n) is 6.87. The van der Waals surface area contributed by atoms with Crippen LogP contribution in [0.1, 0.15) is 91.9 Å². The van der Waals surface area contributed by atoms with Gasteiger partial charge in [-0.05, 0) is 68.4 Å². The molecule has 0 spiro atoms. The summed E-state index contributed by atoms with van der Waals surface area (Å²) in [6.07, 6.45) is 6.09. The maximum atomic E-state index is 11.8. The van der Waals surface area contributed by atoms with Crippen LogP contribution in [0.2, 0.25) is 0 Å². The average molecular weight is 525 g/mol. The lowest BCUT2D eigenvalue weighted by molar-refractivity contribution is -0.136. The zero-order chi connectivity index (χ0) is 27.7. The van der Waals surface area contributed by atoms with Crippen molar-refractivity contribution in [2.24, 2.45) is 0 Å². The highest BCUT2D eigenvalue weighted by molar-refractivity contribution is 5.97. The van der Waals surface area contributed by atoms with Gasteiger partial charge in [-0.15, -0.1) is 0 Å². The highest BCUT2D eigenvalue weighted by Crippen LogP contribution is 2.40. The average Bonchev–Trinajstić information content (AvgIpc) is 2.89. The Hall–Kier alpha value is -3.48. The Bertz CT molecular complexity index is 1180. The number of benzene rings is 2. The third-order valence-corrected chi connectivity index (χ3v) is 6.87. The standard InChI is InChI=1S/C31H40O7/c1-5-8-24-26(15-12-21-10-11-22(13-17-28(33)34)31(36-4)29(21)24)37-18-7-19-38-27-16-14-23(20(3)32)30(35)25(27)9-6-2/h12,14-16,35H,5-11,13,17-19H2,1-4H3,(H,33,34). The maximum absolute atomic E-state index is 11.8. The van der Waals surface area contributed by atoms with Crippen LogP contribution >= 0.6 is 0 Å². The highest BCUT2D eigenvalue weighted by Gasteiger charge is 2.25. The van der Waals surface area contributed by atoms with Gasteiger partial charge in [-0.25, -0.2) is 0 Å². The van der Waals surface area contributed by atoms with Crippen LogP contribution < -0.4 is 9.47 Å². The van der Waals surface area contributed by atoms with Gasteiger partial charge in [-0.1, -0.05) is 32.8 Å². The molecular formula is C31H40O7. The van der Waals surface area contributed by atoms with Crippen molar-refractivity contribution < 1.29 is 34.0 Å². The molecule has 0 saturated heterocycles. The van der Waals surface area contributed by atoms with Gasteiger partial charge in [0.15, 0.2) is 5.78 Å². The molecule has 7 nitrogen and oxygen atoms in total. The van der Waals surface area contributed by atoms with Crippen LogP contribution in [0.15, 0.2) is 29.8 Å². The molecule has 0 unspecified atom stereocenters. The largest absolute Gasteiger partial charge is 0.507 e. The fourth-order valence-corrected chi connectivity index (χ4v) is 5.07. The number of phenols is 1. The molecule has 0 radical (unpaired) electrons. The number of carboxylic acids is 1. The monoisotopic (exact) mass is 524 g/mol. The number of phenolic OH excluding ortho intramolecular Hbond substituents is 1. The number of carboxylic acid groups (broad SMARTS) is 1. The van der Waals surface area contributed by atoms with E-state index >= 15 is 0 Å². The second-order valence-electron chi connectivity index (χ2n) is 9.65. The lowest BCUT2D eigenvalue weighted by atomic mass is 9.84. The van der Waals surface area contributed by atoms with E-state index in [0.29, 0.717) is 49.4 Å². The first-order chi connectivity index (χ1) is 18.3. The normalized spacial score (nSPS) is 12.7. The summed E-state index contributed by atoms with van der Waals surface area (Å²) < 4.78 is 18.0. The van der Waals surface area contributed by atoms with Crippen molar-refractivity contribution in [3.05, 3.63) is 57.7 Å². The molecule has 2 aromatic carbocycles. The number of carbonyl (C=O) groups excluding carboxylic acids is 1. The van der Waals surface area contributed by atoms with Crippen LogP contribution in [0.3, 0.4) is 0 Å². The zero-order valence-electron chi connectivity index (χ0n) is 23.0. The third kappa shape index (κ3) is 6.88. The van der Waals surface area contributed by atoms with Gasteiger partial charge < -0.3 is 24.4 Å². The predicted octanol–water partition coefficient (Wildman–Crippen LogP) is 6.52. The highest BCUT2D eigenvalue weighted by atomic mass is 16.5.